The van der Waals surface area contributed by atoms with Gasteiger partial charge in [0.2, 0.25) is 10.0 Å². The standard InChI is InChI=1S/C21H19N5O2S/c1-22-29(27,28)14-7-8-15-16(9-11-24-18(15)13-14)20-19-6-4-12-26(19)25-21(20)17-5-2-3-10-23-17/h2-3,5,7-11,13,22H,4,6,12H2,1H3. The van der Waals surface area contributed by atoms with E-state index in [0.717, 1.165) is 47.3 Å². The van der Waals surface area contributed by atoms with Crippen molar-refractivity contribution in [1.82, 2.24) is 24.5 Å². The Labute approximate surface area is 168 Å². The zero-order chi connectivity index (χ0) is 20.0. The van der Waals surface area contributed by atoms with Gasteiger partial charge in [0.1, 0.15) is 5.69 Å². The van der Waals surface area contributed by atoms with Crippen molar-refractivity contribution in [2.45, 2.75) is 24.3 Å². The molecule has 0 saturated heterocycles. The summed E-state index contributed by atoms with van der Waals surface area (Å²) in [5.74, 6) is 0. The Kier molecular flexibility index (Phi) is 4.18. The number of hydrogen-bond donors (Lipinski definition) is 1. The normalized spacial score (nSPS) is 13.7. The van der Waals surface area contributed by atoms with Crippen LogP contribution in [0.15, 0.2) is 59.8 Å². The number of aryl methyl sites for hydroxylation is 1. The Hall–Kier alpha value is -3.10. The second-order valence-corrected chi connectivity index (χ2v) is 8.84. The van der Waals surface area contributed by atoms with Gasteiger partial charge in [-0.3, -0.25) is 14.6 Å². The predicted octanol–water partition coefficient (Wildman–Crippen LogP) is 3.01. The SMILES string of the molecule is CNS(=O)(=O)c1ccc2c(-c3c(-c4ccccn4)nn4c3CCC4)ccnc2c1. The molecule has 8 heteroatoms. The number of pyridine rings is 2. The lowest BCUT2D eigenvalue weighted by Crippen LogP contribution is -2.18. The van der Waals surface area contributed by atoms with Gasteiger partial charge in [-0.25, -0.2) is 13.1 Å². The first kappa shape index (κ1) is 18.0. The van der Waals surface area contributed by atoms with Gasteiger partial charge in [-0.05, 0) is 55.8 Å². The van der Waals surface area contributed by atoms with Crippen molar-refractivity contribution < 1.29 is 8.42 Å². The van der Waals surface area contributed by atoms with Crippen LogP contribution in [0.1, 0.15) is 12.1 Å². The zero-order valence-electron chi connectivity index (χ0n) is 15.8. The van der Waals surface area contributed by atoms with Crippen molar-refractivity contribution in [3.8, 4) is 22.5 Å². The molecule has 29 heavy (non-hydrogen) atoms. The van der Waals surface area contributed by atoms with E-state index in [2.05, 4.69) is 19.4 Å². The largest absolute Gasteiger partial charge is 0.268 e. The van der Waals surface area contributed by atoms with Crippen molar-refractivity contribution in [2.24, 2.45) is 0 Å². The summed E-state index contributed by atoms with van der Waals surface area (Å²) in [5, 5.41) is 5.73. The maximum Gasteiger partial charge on any atom is 0.240 e. The van der Waals surface area contributed by atoms with Gasteiger partial charge < -0.3 is 0 Å². The van der Waals surface area contributed by atoms with Crippen LogP contribution in [0.4, 0.5) is 0 Å². The average Bonchev–Trinajstić information content (AvgIpc) is 3.35. The number of rotatable bonds is 4. The first-order chi connectivity index (χ1) is 14.1. The number of benzene rings is 1. The van der Waals surface area contributed by atoms with Crippen LogP contribution in [0.2, 0.25) is 0 Å². The van der Waals surface area contributed by atoms with Crippen LogP contribution >= 0.6 is 0 Å². The molecule has 0 radical (unpaired) electrons. The fourth-order valence-electron chi connectivity index (χ4n) is 3.93. The molecule has 1 aliphatic heterocycles. The van der Waals surface area contributed by atoms with E-state index in [1.807, 2.05) is 30.3 Å². The minimum atomic E-state index is -3.53. The van der Waals surface area contributed by atoms with Crippen LogP contribution in [-0.4, -0.2) is 35.2 Å². The Bertz CT molecular complexity index is 1330. The lowest BCUT2D eigenvalue weighted by molar-refractivity contribution is 0.588. The molecule has 7 nitrogen and oxygen atoms in total. The minimum absolute atomic E-state index is 0.197. The summed E-state index contributed by atoms with van der Waals surface area (Å²) in [4.78, 5) is 9.12. The fourth-order valence-corrected chi connectivity index (χ4v) is 4.68. The zero-order valence-corrected chi connectivity index (χ0v) is 16.6. The highest BCUT2D eigenvalue weighted by Gasteiger charge is 2.25. The van der Waals surface area contributed by atoms with Gasteiger partial charge >= 0.3 is 0 Å². The molecule has 1 aliphatic rings. The molecule has 0 aliphatic carbocycles. The summed E-state index contributed by atoms with van der Waals surface area (Å²) in [7, 11) is -2.13. The summed E-state index contributed by atoms with van der Waals surface area (Å²) in [6, 6.07) is 12.8. The molecule has 4 heterocycles. The third kappa shape index (κ3) is 2.92. The number of sulfonamides is 1. The molecule has 0 saturated carbocycles. The van der Waals surface area contributed by atoms with Crippen molar-refractivity contribution in [3.05, 3.63) is 60.6 Å². The topological polar surface area (TPSA) is 89.8 Å². The Morgan fingerprint density at radius 3 is 2.76 bits per heavy atom. The first-order valence-corrected chi connectivity index (χ1v) is 10.9. The van der Waals surface area contributed by atoms with Gasteiger partial charge in [-0.1, -0.05) is 12.1 Å². The van der Waals surface area contributed by atoms with E-state index in [9.17, 15) is 8.42 Å². The van der Waals surface area contributed by atoms with Gasteiger partial charge in [0, 0.05) is 35.6 Å². The first-order valence-electron chi connectivity index (χ1n) is 9.42. The molecule has 0 spiro atoms. The molecular formula is C21H19N5O2S. The van der Waals surface area contributed by atoms with Crippen LogP contribution in [0.3, 0.4) is 0 Å². The summed E-state index contributed by atoms with van der Waals surface area (Å²) in [6.45, 7) is 0.892. The van der Waals surface area contributed by atoms with E-state index < -0.39 is 10.0 Å². The van der Waals surface area contributed by atoms with Crippen LogP contribution in [0.25, 0.3) is 33.4 Å². The molecule has 5 rings (SSSR count). The van der Waals surface area contributed by atoms with Gasteiger partial charge in [-0.2, -0.15) is 5.10 Å². The molecule has 0 atom stereocenters. The van der Waals surface area contributed by atoms with Crippen molar-refractivity contribution in [1.29, 1.82) is 0 Å². The second-order valence-electron chi connectivity index (χ2n) is 6.96. The van der Waals surface area contributed by atoms with Crippen LogP contribution < -0.4 is 4.72 Å². The number of nitrogens with zero attached hydrogens (tertiary/aromatic N) is 4. The third-order valence-electron chi connectivity index (χ3n) is 5.31. The van der Waals surface area contributed by atoms with Gasteiger partial charge in [0.25, 0.3) is 0 Å². The van der Waals surface area contributed by atoms with Gasteiger partial charge in [0.05, 0.1) is 16.1 Å². The lowest BCUT2D eigenvalue weighted by atomic mass is 9.97. The molecule has 0 unspecified atom stereocenters. The molecule has 0 fully saturated rings. The summed E-state index contributed by atoms with van der Waals surface area (Å²) >= 11 is 0. The molecule has 0 amide bonds. The van der Waals surface area contributed by atoms with E-state index in [-0.39, 0.29) is 4.90 Å². The molecule has 3 aromatic heterocycles. The Morgan fingerprint density at radius 2 is 1.97 bits per heavy atom. The van der Waals surface area contributed by atoms with Gasteiger partial charge in [-0.15, -0.1) is 0 Å². The molecule has 4 aromatic rings. The Morgan fingerprint density at radius 1 is 1.07 bits per heavy atom. The van der Waals surface area contributed by atoms with E-state index >= 15 is 0 Å². The van der Waals surface area contributed by atoms with E-state index in [1.165, 1.54) is 12.7 Å². The number of aromatic nitrogens is 4. The number of nitrogens with one attached hydrogen (secondary N) is 1. The molecule has 1 aromatic carbocycles. The number of fused-ring (bicyclic) bond motifs is 2. The highest BCUT2D eigenvalue weighted by molar-refractivity contribution is 7.89. The van der Waals surface area contributed by atoms with Crippen molar-refractivity contribution >= 4 is 20.9 Å². The fraction of sp³-hybridized carbons (Fsp3) is 0.190. The van der Waals surface area contributed by atoms with E-state index in [1.54, 1.807) is 24.5 Å². The molecular weight excluding hydrogens is 386 g/mol. The lowest BCUT2D eigenvalue weighted by Gasteiger charge is -2.10. The smallest absolute Gasteiger partial charge is 0.240 e. The Balaban J connectivity index is 1.77. The van der Waals surface area contributed by atoms with Crippen LogP contribution in [0, 0.1) is 0 Å². The quantitative estimate of drug-likeness (QED) is 0.564. The molecule has 0 bridgehead atoms. The second kappa shape index (κ2) is 6.75. The monoisotopic (exact) mass is 405 g/mol. The number of hydrogen-bond acceptors (Lipinski definition) is 5. The highest BCUT2D eigenvalue weighted by Crippen LogP contribution is 2.39. The van der Waals surface area contributed by atoms with Crippen molar-refractivity contribution in [3.63, 3.8) is 0 Å². The average molecular weight is 405 g/mol. The predicted molar refractivity (Wildman–Crippen MR) is 111 cm³/mol. The summed E-state index contributed by atoms with van der Waals surface area (Å²) in [5.41, 5.74) is 5.53. The molecule has 1 N–H and O–H groups in total. The highest BCUT2D eigenvalue weighted by atomic mass is 32.2. The maximum atomic E-state index is 12.2. The van der Waals surface area contributed by atoms with Crippen LogP contribution in [0.5, 0.6) is 0 Å². The van der Waals surface area contributed by atoms with E-state index in [0.29, 0.717) is 5.52 Å². The van der Waals surface area contributed by atoms with Gasteiger partial charge in [0.15, 0.2) is 0 Å². The molecule has 146 valence electrons. The van der Waals surface area contributed by atoms with Crippen LogP contribution in [-0.2, 0) is 23.0 Å². The minimum Gasteiger partial charge on any atom is -0.268 e. The van der Waals surface area contributed by atoms with Crippen molar-refractivity contribution in [2.75, 3.05) is 7.05 Å². The summed E-state index contributed by atoms with van der Waals surface area (Å²) in [6.07, 6.45) is 5.49. The summed E-state index contributed by atoms with van der Waals surface area (Å²) < 4.78 is 28.8. The van der Waals surface area contributed by atoms with E-state index in [4.69, 9.17) is 5.10 Å². The third-order valence-corrected chi connectivity index (χ3v) is 6.72. The maximum absolute atomic E-state index is 12.2.